The molecule has 0 saturated heterocycles. The number of rotatable bonds is 9. The normalized spacial score (nSPS) is 12.8. The Morgan fingerprint density at radius 2 is 1.74 bits per heavy atom. The Morgan fingerprint density at radius 1 is 0.974 bits per heavy atom. The Bertz CT molecular complexity index is 1590. The number of nitrogens with zero attached hydrogens (tertiary/aromatic N) is 2. The fourth-order valence-corrected chi connectivity index (χ4v) is 4.78. The van der Waals surface area contributed by atoms with Crippen LogP contribution in [0.15, 0.2) is 82.7 Å². The SMILES string of the molecule is CC(=O)c1cccc(NC(=O)CSc2nc3ccccc3c(=O)n2Cc2ccc(C(=O)NC3CC3)cc2)c1. The van der Waals surface area contributed by atoms with Crippen molar-refractivity contribution in [3.63, 3.8) is 0 Å². The van der Waals surface area contributed by atoms with Gasteiger partial charge in [0, 0.05) is 22.9 Å². The van der Waals surface area contributed by atoms with Crippen LogP contribution in [0.5, 0.6) is 0 Å². The van der Waals surface area contributed by atoms with E-state index in [0.717, 1.165) is 30.2 Å². The number of hydrogen-bond donors (Lipinski definition) is 2. The van der Waals surface area contributed by atoms with Crippen molar-refractivity contribution >= 4 is 45.9 Å². The molecule has 0 unspecified atom stereocenters. The lowest BCUT2D eigenvalue weighted by Crippen LogP contribution is -2.26. The van der Waals surface area contributed by atoms with Crippen LogP contribution in [0.4, 0.5) is 5.69 Å². The van der Waals surface area contributed by atoms with Gasteiger partial charge in [-0.1, -0.05) is 48.2 Å². The minimum atomic E-state index is -0.282. The maximum atomic E-state index is 13.4. The molecule has 1 aromatic heterocycles. The third kappa shape index (κ3) is 6.00. The van der Waals surface area contributed by atoms with E-state index in [2.05, 4.69) is 15.6 Å². The Labute approximate surface area is 223 Å². The molecule has 1 fully saturated rings. The largest absolute Gasteiger partial charge is 0.349 e. The number of aromatic nitrogens is 2. The molecule has 5 rings (SSSR count). The van der Waals surface area contributed by atoms with Gasteiger partial charge in [-0.25, -0.2) is 4.98 Å². The number of hydrogen-bond acceptors (Lipinski definition) is 6. The van der Waals surface area contributed by atoms with Crippen molar-refractivity contribution in [3.05, 3.63) is 99.8 Å². The van der Waals surface area contributed by atoms with Gasteiger partial charge >= 0.3 is 0 Å². The number of para-hydroxylation sites is 1. The molecule has 1 aliphatic rings. The minimum absolute atomic E-state index is 0.0232. The van der Waals surface area contributed by atoms with Crippen LogP contribution < -0.4 is 16.2 Å². The van der Waals surface area contributed by atoms with Gasteiger partial charge in [0.15, 0.2) is 10.9 Å². The zero-order chi connectivity index (χ0) is 26.6. The van der Waals surface area contributed by atoms with E-state index >= 15 is 0 Å². The van der Waals surface area contributed by atoms with E-state index in [4.69, 9.17) is 0 Å². The summed E-state index contributed by atoms with van der Waals surface area (Å²) < 4.78 is 1.55. The van der Waals surface area contributed by atoms with E-state index in [0.29, 0.717) is 32.9 Å². The molecule has 0 spiro atoms. The molecule has 1 saturated carbocycles. The van der Waals surface area contributed by atoms with Crippen LogP contribution in [-0.4, -0.2) is 38.9 Å². The zero-order valence-corrected chi connectivity index (χ0v) is 21.6. The highest BCUT2D eigenvalue weighted by molar-refractivity contribution is 7.99. The Balaban J connectivity index is 1.35. The standard InChI is InChI=1S/C29H26N4O4S/c1-18(34)21-5-4-6-23(15-21)30-26(35)17-38-29-32-25-8-3-2-7-24(25)28(37)33(29)16-19-9-11-20(12-10-19)27(36)31-22-13-14-22/h2-12,15,22H,13-14,16-17H2,1H3,(H,30,35)(H,31,36). The number of Topliss-reactive ketones (excluding diaryl/α,β-unsaturated/α-hetero) is 1. The lowest BCUT2D eigenvalue weighted by molar-refractivity contribution is -0.113. The number of anilines is 1. The highest BCUT2D eigenvalue weighted by Gasteiger charge is 2.23. The molecule has 3 aromatic carbocycles. The van der Waals surface area contributed by atoms with Crippen molar-refractivity contribution in [1.82, 2.24) is 14.9 Å². The van der Waals surface area contributed by atoms with Gasteiger partial charge in [0.1, 0.15) is 0 Å². The molecule has 0 radical (unpaired) electrons. The first-order chi connectivity index (χ1) is 18.4. The van der Waals surface area contributed by atoms with Crippen LogP contribution in [0, 0.1) is 0 Å². The summed E-state index contributed by atoms with van der Waals surface area (Å²) in [5, 5.41) is 6.67. The van der Waals surface area contributed by atoms with Gasteiger partial charge in [0.25, 0.3) is 11.5 Å². The fourth-order valence-electron chi connectivity index (χ4n) is 3.98. The summed E-state index contributed by atoms with van der Waals surface area (Å²) in [6.45, 7) is 1.71. The molecule has 4 aromatic rings. The molecular weight excluding hydrogens is 500 g/mol. The van der Waals surface area contributed by atoms with E-state index in [-0.39, 0.29) is 41.5 Å². The first-order valence-electron chi connectivity index (χ1n) is 12.3. The summed E-state index contributed by atoms with van der Waals surface area (Å²) in [5.74, 6) is -0.443. The fraction of sp³-hybridized carbons (Fsp3) is 0.207. The number of carbonyl (C=O) groups excluding carboxylic acids is 3. The number of ketones is 1. The van der Waals surface area contributed by atoms with Gasteiger partial charge in [0.2, 0.25) is 5.91 Å². The Hall–Kier alpha value is -4.24. The summed E-state index contributed by atoms with van der Waals surface area (Å²) >= 11 is 1.16. The Morgan fingerprint density at radius 3 is 2.47 bits per heavy atom. The topological polar surface area (TPSA) is 110 Å². The first kappa shape index (κ1) is 25.4. The zero-order valence-electron chi connectivity index (χ0n) is 20.8. The van der Waals surface area contributed by atoms with E-state index in [1.807, 2.05) is 18.2 Å². The number of nitrogens with one attached hydrogen (secondary N) is 2. The Kier molecular flexibility index (Phi) is 7.37. The van der Waals surface area contributed by atoms with Crippen LogP contribution in [0.3, 0.4) is 0 Å². The smallest absolute Gasteiger partial charge is 0.262 e. The average molecular weight is 527 g/mol. The minimum Gasteiger partial charge on any atom is -0.349 e. The molecule has 2 N–H and O–H groups in total. The molecule has 1 aliphatic carbocycles. The van der Waals surface area contributed by atoms with E-state index in [1.165, 1.54) is 6.92 Å². The van der Waals surface area contributed by atoms with Crippen molar-refractivity contribution in [3.8, 4) is 0 Å². The summed E-state index contributed by atoms with van der Waals surface area (Å²) in [7, 11) is 0. The lowest BCUT2D eigenvalue weighted by atomic mass is 10.1. The van der Waals surface area contributed by atoms with Crippen LogP contribution in [0.1, 0.15) is 46.0 Å². The predicted octanol–water partition coefficient (Wildman–Crippen LogP) is 4.27. The van der Waals surface area contributed by atoms with Crippen molar-refractivity contribution in [1.29, 1.82) is 0 Å². The van der Waals surface area contributed by atoms with Crippen LogP contribution >= 0.6 is 11.8 Å². The third-order valence-corrected chi connectivity index (χ3v) is 7.16. The van der Waals surface area contributed by atoms with Gasteiger partial charge < -0.3 is 10.6 Å². The number of thioether (sulfide) groups is 1. The monoisotopic (exact) mass is 526 g/mol. The molecule has 38 heavy (non-hydrogen) atoms. The van der Waals surface area contributed by atoms with Gasteiger partial charge in [-0.2, -0.15) is 0 Å². The average Bonchev–Trinajstić information content (AvgIpc) is 3.74. The van der Waals surface area contributed by atoms with Crippen molar-refractivity contribution in [2.45, 2.75) is 37.5 Å². The van der Waals surface area contributed by atoms with Crippen molar-refractivity contribution in [2.24, 2.45) is 0 Å². The maximum absolute atomic E-state index is 13.4. The number of carbonyl (C=O) groups is 3. The van der Waals surface area contributed by atoms with Gasteiger partial charge in [-0.3, -0.25) is 23.7 Å². The van der Waals surface area contributed by atoms with E-state index < -0.39 is 0 Å². The van der Waals surface area contributed by atoms with Crippen molar-refractivity contribution < 1.29 is 14.4 Å². The third-order valence-electron chi connectivity index (χ3n) is 6.18. The van der Waals surface area contributed by atoms with Gasteiger partial charge in [-0.05, 0) is 61.7 Å². The van der Waals surface area contributed by atoms with Crippen LogP contribution in [0.2, 0.25) is 0 Å². The molecule has 0 atom stereocenters. The molecule has 2 amide bonds. The summed E-state index contributed by atoms with van der Waals surface area (Å²) in [6.07, 6.45) is 2.04. The number of fused-ring (bicyclic) bond motifs is 1. The molecule has 0 aliphatic heterocycles. The molecule has 1 heterocycles. The summed E-state index contributed by atoms with van der Waals surface area (Å²) in [4.78, 5) is 54.7. The highest BCUT2D eigenvalue weighted by Crippen LogP contribution is 2.21. The second-order valence-electron chi connectivity index (χ2n) is 9.22. The summed E-state index contributed by atoms with van der Waals surface area (Å²) in [6, 6.07) is 21.3. The second-order valence-corrected chi connectivity index (χ2v) is 10.2. The molecular formula is C29H26N4O4S. The number of amides is 2. The molecule has 9 heteroatoms. The number of benzene rings is 3. The second kappa shape index (κ2) is 11.0. The summed E-state index contributed by atoms with van der Waals surface area (Å²) in [5.41, 5.74) is 2.79. The first-order valence-corrected chi connectivity index (χ1v) is 13.3. The quantitative estimate of drug-likeness (QED) is 0.192. The molecule has 8 nitrogen and oxygen atoms in total. The molecule has 0 bridgehead atoms. The highest BCUT2D eigenvalue weighted by atomic mass is 32.2. The predicted molar refractivity (Wildman–Crippen MR) is 148 cm³/mol. The maximum Gasteiger partial charge on any atom is 0.262 e. The van der Waals surface area contributed by atoms with Crippen LogP contribution in [-0.2, 0) is 11.3 Å². The van der Waals surface area contributed by atoms with Gasteiger partial charge in [0.05, 0.1) is 23.2 Å². The van der Waals surface area contributed by atoms with E-state index in [9.17, 15) is 19.2 Å². The van der Waals surface area contributed by atoms with E-state index in [1.54, 1.807) is 59.2 Å². The van der Waals surface area contributed by atoms with Crippen LogP contribution in [0.25, 0.3) is 10.9 Å². The lowest BCUT2D eigenvalue weighted by Gasteiger charge is -2.14. The van der Waals surface area contributed by atoms with Gasteiger partial charge in [-0.15, -0.1) is 0 Å². The molecule has 192 valence electrons. The van der Waals surface area contributed by atoms with Crippen molar-refractivity contribution in [2.75, 3.05) is 11.1 Å².